The van der Waals surface area contributed by atoms with E-state index in [0.717, 1.165) is 24.3 Å². The molecule has 0 unspecified atom stereocenters. The van der Waals surface area contributed by atoms with Crippen LogP contribution in [-0.4, -0.2) is 5.91 Å². The van der Waals surface area contributed by atoms with Gasteiger partial charge in [-0.05, 0) is 52.3 Å². The molecule has 7 heteroatoms. The van der Waals surface area contributed by atoms with Crippen LogP contribution in [0.15, 0.2) is 46.9 Å². The summed E-state index contributed by atoms with van der Waals surface area (Å²) in [5.41, 5.74) is -0.906. The summed E-state index contributed by atoms with van der Waals surface area (Å²) in [6.07, 6.45) is -4.50. The van der Waals surface area contributed by atoms with Gasteiger partial charge in [0.15, 0.2) is 0 Å². The van der Waals surface area contributed by atoms with Gasteiger partial charge in [0.05, 0.1) is 11.1 Å². The van der Waals surface area contributed by atoms with E-state index in [1.54, 1.807) is 0 Å². The van der Waals surface area contributed by atoms with E-state index in [0.29, 0.717) is 4.47 Å². The molecule has 1 N–H and O–H groups in total. The lowest BCUT2D eigenvalue weighted by Crippen LogP contribution is -2.14. The second-order valence-corrected chi connectivity index (χ2v) is 5.01. The van der Waals surface area contributed by atoms with Crippen LogP contribution < -0.4 is 5.32 Å². The third-order valence-electron chi connectivity index (χ3n) is 2.62. The molecule has 0 fully saturated rings. The fourth-order valence-electron chi connectivity index (χ4n) is 1.64. The zero-order valence-electron chi connectivity index (χ0n) is 10.3. The van der Waals surface area contributed by atoms with E-state index in [1.165, 1.54) is 18.2 Å². The Morgan fingerprint density at radius 2 is 1.81 bits per heavy atom. The van der Waals surface area contributed by atoms with Crippen molar-refractivity contribution in [2.45, 2.75) is 6.18 Å². The van der Waals surface area contributed by atoms with Gasteiger partial charge in [0.2, 0.25) is 0 Å². The number of carbonyl (C=O) groups is 1. The van der Waals surface area contributed by atoms with Crippen LogP contribution in [0.5, 0.6) is 0 Å². The molecule has 2 aromatic carbocycles. The quantitative estimate of drug-likeness (QED) is 0.760. The van der Waals surface area contributed by atoms with Crippen molar-refractivity contribution in [3.63, 3.8) is 0 Å². The lowest BCUT2D eigenvalue weighted by Gasteiger charge is -2.10. The Bertz CT molecular complexity index is 685. The van der Waals surface area contributed by atoms with Crippen LogP contribution in [0.25, 0.3) is 0 Å². The molecule has 0 spiro atoms. The minimum absolute atomic E-state index is 0.00703. The van der Waals surface area contributed by atoms with E-state index < -0.39 is 23.5 Å². The number of carbonyl (C=O) groups excluding carboxylic acids is 1. The zero-order valence-corrected chi connectivity index (χ0v) is 11.9. The normalized spacial score (nSPS) is 11.3. The minimum atomic E-state index is -4.50. The van der Waals surface area contributed by atoms with Crippen molar-refractivity contribution in [1.29, 1.82) is 0 Å². The highest BCUT2D eigenvalue weighted by atomic mass is 79.9. The summed E-state index contributed by atoms with van der Waals surface area (Å²) in [5, 5.41) is 2.30. The summed E-state index contributed by atoms with van der Waals surface area (Å²) in [7, 11) is 0. The predicted molar refractivity (Wildman–Crippen MR) is 73.5 cm³/mol. The number of anilines is 1. The first-order chi connectivity index (χ1) is 9.77. The Balaban J connectivity index is 2.26. The number of hydrogen-bond donors (Lipinski definition) is 1. The topological polar surface area (TPSA) is 29.1 Å². The van der Waals surface area contributed by atoms with E-state index in [1.807, 2.05) is 0 Å². The monoisotopic (exact) mass is 361 g/mol. The molecule has 0 aliphatic rings. The van der Waals surface area contributed by atoms with Gasteiger partial charge in [-0.1, -0.05) is 6.07 Å². The average Bonchev–Trinajstić information content (AvgIpc) is 2.41. The Hall–Kier alpha value is -1.89. The molecule has 0 aromatic heterocycles. The SMILES string of the molecule is O=C(Nc1cccc(C(F)(F)F)c1)c1cc(F)ccc1Br. The first kappa shape index (κ1) is 15.5. The number of halogens is 5. The third kappa shape index (κ3) is 3.81. The molecule has 0 saturated heterocycles. The summed E-state index contributed by atoms with van der Waals surface area (Å²) in [4.78, 5) is 12.0. The molecule has 0 aliphatic carbocycles. The Morgan fingerprint density at radius 1 is 1.10 bits per heavy atom. The maximum atomic E-state index is 13.1. The van der Waals surface area contributed by atoms with Crippen LogP contribution in [-0.2, 0) is 6.18 Å². The predicted octanol–water partition coefficient (Wildman–Crippen LogP) is 4.86. The molecule has 2 aromatic rings. The van der Waals surface area contributed by atoms with Crippen molar-refractivity contribution in [3.05, 3.63) is 63.9 Å². The molecule has 2 nitrogen and oxygen atoms in total. The first-order valence-electron chi connectivity index (χ1n) is 5.71. The molecule has 0 radical (unpaired) electrons. The highest BCUT2D eigenvalue weighted by Gasteiger charge is 2.30. The van der Waals surface area contributed by atoms with Crippen molar-refractivity contribution in [2.24, 2.45) is 0 Å². The molecule has 0 atom stereocenters. The van der Waals surface area contributed by atoms with Crippen molar-refractivity contribution >= 4 is 27.5 Å². The van der Waals surface area contributed by atoms with Crippen molar-refractivity contribution in [2.75, 3.05) is 5.32 Å². The Morgan fingerprint density at radius 3 is 2.48 bits per heavy atom. The summed E-state index contributed by atoms with van der Waals surface area (Å²) in [6, 6.07) is 7.70. The highest BCUT2D eigenvalue weighted by molar-refractivity contribution is 9.10. The second kappa shape index (κ2) is 5.85. The van der Waals surface area contributed by atoms with Gasteiger partial charge in [-0.3, -0.25) is 4.79 Å². The molecule has 0 bridgehead atoms. The number of hydrogen-bond acceptors (Lipinski definition) is 1. The third-order valence-corrected chi connectivity index (χ3v) is 3.31. The molecular formula is C14H8BrF4NO. The summed E-state index contributed by atoms with van der Waals surface area (Å²) < 4.78 is 51.2. The number of amides is 1. The van der Waals surface area contributed by atoms with Gasteiger partial charge < -0.3 is 5.32 Å². The molecule has 21 heavy (non-hydrogen) atoms. The highest BCUT2D eigenvalue weighted by Crippen LogP contribution is 2.31. The fraction of sp³-hybridized carbons (Fsp3) is 0.0714. The summed E-state index contributed by atoms with van der Waals surface area (Å²) in [5.74, 6) is -1.33. The molecular weight excluding hydrogens is 354 g/mol. The molecule has 110 valence electrons. The van der Waals surface area contributed by atoms with Gasteiger partial charge in [-0.2, -0.15) is 13.2 Å². The Labute approximate surface area is 125 Å². The minimum Gasteiger partial charge on any atom is -0.322 e. The maximum Gasteiger partial charge on any atom is 0.416 e. The van der Waals surface area contributed by atoms with Gasteiger partial charge in [0.25, 0.3) is 5.91 Å². The van der Waals surface area contributed by atoms with Crippen LogP contribution in [0.2, 0.25) is 0 Å². The van der Waals surface area contributed by atoms with E-state index in [9.17, 15) is 22.4 Å². The largest absolute Gasteiger partial charge is 0.416 e. The van der Waals surface area contributed by atoms with E-state index in [4.69, 9.17) is 0 Å². The Kier molecular flexibility index (Phi) is 4.32. The molecule has 1 amide bonds. The van der Waals surface area contributed by atoms with E-state index >= 15 is 0 Å². The lowest BCUT2D eigenvalue weighted by atomic mass is 10.1. The van der Waals surface area contributed by atoms with Crippen molar-refractivity contribution in [3.8, 4) is 0 Å². The van der Waals surface area contributed by atoms with Gasteiger partial charge >= 0.3 is 6.18 Å². The molecule has 0 aliphatic heterocycles. The zero-order chi connectivity index (χ0) is 15.6. The van der Waals surface area contributed by atoms with Gasteiger partial charge in [0.1, 0.15) is 5.82 Å². The maximum absolute atomic E-state index is 13.1. The van der Waals surface area contributed by atoms with E-state index in [-0.39, 0.29) is 11.3 Å². The van der Waals surface area contributed by atoms with Crippen LogP contribution >= 0.6 is 15.9 Å². The van der Waals surface area contributed by atoms with Crippen LogP contribution in [0.4, 0.5) is 23.2 Å². The van der Waals surface area contributed by atoms with Gasteiger partial charge in [0, 0.05) is 10.2 Å². The first-order valence-corrected chi connectivity index (χ1v) is 6.50. The summed E-state index contributed by atoms with van der Waals surface area (Å²) >= 11 is 3.08. The number of nitrogens with one attached hydrogen (secondary N) is 1. The second-order valence-electron chi connectivity index (χ2n) is 4.16. The standard InChI is InChI=1S/C14H8BrF4NO/c15-12-5-4-9(16)7-11(12)13(21)20-10-3-1-2-8(6-10)14(17,18)19/h1-7H,(H,20,21). The fourth-order valence-corrected chi connectivity index (χ4v) is 2.07. The van der Waals surface area contributed by atoms with Crippen LogP contribution in [0.3, 0.4) is 0 Å². The molecule has 0 heterocycles. The van der Waals surface area contributed by atoms with Crippen LogP contribution in [0.1, 0.15) is 15.9 Å². The number of rotatable bonds is 2. The number of alkyl halides is 3. The molecule has 2 rings (SSSR count). The summed E-state index contributed by atoms with van der Waals surface area (Å²) in [6.45, 7) is 0. The average molecular weight is 362 g/mol. The van der Waals surface area contributed by atoms with Gasteiger partial charge in [-0.25, -0.2) is 4.39 Å². The van der Waals surface area contributed by atoms with Crippen molar-refractivity contribution < 1.29 is 22.4 Å². The lowest BCUT2D eigenvalue weighted by molar-refractivity contribution is -0.137. The van der Waals surface area contributed by atoms with Crippen LogP contribution in [0, 0.1) is 5.82 Å². The van der Waals surface area contributed by atoms with Crippen molar-refractivity contribution in [1.82, 2.24) is 0 Å². The smallest absolute Gasteiger partial charge is 0.322 e. The van der Waals surface area contributed by atoms with Gasteiger partial charge in [-0.15, -0.1) is 0 Å². The molecule has 0 saturated carbocycles. The number of benzene rings is 2. The van der Waals surface area contributed by atoms with E-state index in [2.05, 4.69) is 21.2 Å².